The Kier molecular flexibility index (Phi) is 7.47. The summed E-state index contributed by atoms with van der Waals surface area (Å²) in [5.74, 6) is -0.247. The summed E-state index contributed by atoms with van der Waals surface area (Å²) in [6.45, 7) is 0.463. The Morgan fingerprint density at radius 1 is 1.29 bits per heavy atom. The molecule has 0 saturated heterocycles. The first-order valence-electron chi connectivity index (χ1n) is 9.64. The molecule has 1 aromatic heterocycles. The van der Waals surface area contributed by atoms with Crippen molar-refractivity contribution in [3.8, 4) is 5.75 Å². The van der Waals surface area contributed by atoms with Gasteiger partial charge >= 0.3 is 5.97 Å². The van der Waals surface area contributed by atoms with Crippen LogP contribution in [0.4, 0.5) is 5.69 Å². The highest BCUT2D eigenvalue weighted by Gasteiger charge is 2.18. The molecule has 0 aliphatic rings. The van der Waals surface area contributed by atoms with E-state index in [1.54, 1.807) is 36.7 Å². The Morgan fingerprint density at radius 3 is 2.81 bits per heavy atom. The molecule has 0 spiro atoms. The van der Waals surface area contributed by atoms with Crippen molar-refractivity contribution in [3.63, 3.8) is 0 Å². The molecule has 0 fully saturated rings. The zero-order valence-corrected chi connectivity index (χ0v) is 17.4. The van der Waals surface area contributed by atoms with Gasteiger partial charge in [-0.15, -0.1) is 0 Å². The monoisotopic (exact) mass is 441 g/mol. The maximum atomic E-state index is 12.4. The lowest BCUT2D eigenvalue weighted by molar-refractivity contribution is -0.135. The van der Waals surface area contributed by atoms with Crippen molar-refractivity contribution in [2.45, 2.75) is 18.9 Å². The predicted molar refractivity (Wildman–Crippen MR) is 124 cm³/mol. The highest BCUT2D eigenvalue weighted by Crippen LogP contribution is 2.28. The van der Waals surface area contributed by atoms with Gasteiger partial charge in [-0.2, -0.15) is 5.10 Å². The number of rotatable bonds is 9. The molecule has 0 amide bonds. The van der Waals surface area contributed by atoms with Crippen molar-refractivity contribution in [1.82, 2.24) is 10.3 Å². The molecule has 0 aliphatic heterocycles. The average Bonchev–Trinajstić information content (AvgIpc) is 3.16. The SMILES string of the molecule is N=C(N)NCCC[C@H](N)C(=O)Oc1cccc2[nH]cc(/C=N/Nc3ccc(Cl)cc3)c12. The third-order valence-corrected chi connectivity index (χ3v) is 4.71. The molecule has 162 valence electrons. The summed E-state index contributed by atoms with van der Waals surface area (Å²) in [6.07, 6.45) is 4.40. The Morgan fingerprint density at radius 2 is 2.06 bits per heavy atom. The Balaban J connectivity index is 1.67. The van der Waals surface area contributed by atoms with Crippen LogP contribution in [-0.2, 0) is 4.79 Å². The van der Waals surface area contributed by atoms with Crippen LogP contribution in [0.15, 0.2) is 53.8 Å². The molecular formula is C21H24ClN7O2. The number of esters is 1. The number of carbonyl (C=O) groups is 1. The number of ether oxygens (including phenoxy) is 1. The number of nitrogens with zero attached hydrogens (tertiary/aromatic N) is 1. The smallest absolute Gasteiger partial charge is 0.328 e. The van der Waals surface area contributed by atoms with Gasteiger partial charge in [-0.05, 0) is 49.2 Å². The normalized spacial score (nSPS) is 12.1. The summed E-state index contributed by atoms with van der Waals surface area (Å²) in [7, 11) is 0. The van der Waals surface area contributed by atoms with Crippen LogP contribution in [0.2, 0.25) is 5.02 Å². The topological polar surface area (TPSA) is 154 Å². The molecule has 8 N–H and O–H groups in total. The summed E-state index contributed by atoms with van der Waals surface area (Å²) < 4.78 is 5.58. The van der Waals surface area contributed by atoms with Crippen molar-refractivity contribution in [2.75, 3.05) is 12.0 Å². The van der Waals surface area contributed by atoms with E-state index >= 15 is 0 Å². The van der Waals surface area contributed by atoms with Gasteiger partial charge in [-0.3, -0.25) is 10.8 Å². The summed E-state index contributed by atoms with van der Waals surface area (Å²) in [6, 6.07) is 11.8. The standard InChI is InChI=1S/C21H24ClN7O2/c22-14-6-8-15(9-7-14)29-28-12-13-11-27-17-4-1-5-18(19(13)17)31-20(30)16(23)3-2-10-26-21(24)25/h1,4-9,11-12,16,27,29H,2-3,10,23H2,(H4,24,25,26)/b28-12+/t16-/m0/s1. The number of anilines is 1. The highest BCUT2D eigenvalue weighted by molar-refractivity contribution is 6.30. The molecule has 1 atom stereocenters. The second-order valence-electron chi connectivity index (χ2n) is 6.81. The third-order valence-electron chi connectivity index (χ3n) is 4.46. The second-order valence-corrected chi connectivity index (χ2v) is 7.25. The molecular weight excluding hydrogens is 418 g/mol. The van der Waals surface area contributed by atoms with Crippen LogP contribution in [0.3, 0.4) is 0 Å². The van der Waals surface area contributed by atoms with Gasteiger partial charge in [0.15, 0.2) is 5.96 Å². The molecule has 9 nitrogen and oxygen atoms in total. The van der Waals surface area contributed by atoms with Gasteiger partial charge in [0.1, 0.15) is 11.8 Å². The highest BCUT2D eigenvalue weighted by atomic mass is 35.5. The molecule has 3 rings (SSSR count). The molecule has 31 heavy (non-hydrogen) atoms. The van der Waals surface area contributed by atoms with Crippen molar-refractivity contribution < 1.29 is 9.53 Å². The lowest BCUT2D eigenvalue weighted by atomic mass is 10.1. The summed E-state index contributed by atoms with van der Waals surface area (Å²) in [4.78, 5) is 15.6. The number of halogens is 1. The molecule has 0 unspecified atom stereocenters. The molecule has 0 radical (unpaired) electrons. The van der Waals surface area contributed by atoms with Crippen molar-refractivity contribution in [1.29, 1.82) is 5.41 Å². The molecule has 0 bridgehead atoms. The van der Waals surface area contributed by atoms with Crippen molar-refractivity contribution >= 4 is 46.3 Å². The number of hydrazone groups is 1. The van der Waals surface area contributed by atoms with E-state index in [0.717, 1.165) is 22.2 Å². The number of hydrogen-bond donors (Lipinski definition) is 6. The zero-order valence-electron chi connectivity index (χ0n) is 16.7. The number of aromatic nitrogens is 1. The number of H-pyrrole nitrogens is 1. The minimum Gasteiger partial charge on any atom is -0.425 e. The molecule has 0 saturated carbocycles. The van der Waals surface area contributed by atoms with E-state index in [4.69, 9.17) is 33.2 Å². The van der Waals surface area contributed by atoms with Crippen molar-refractivity contribution in [2.24, 2.45) is 16.6 Å². The van der Waals surface area contributed by atoms with Gasteiger partial charge in [0, 0.05) is 28.8 Å². The van der Waals surface area contributed by atoms with E-state index < -0.39 is 12.0 Å². The second kappa shape index (κ2) is 10.5. The van der Waals surface area contributed by atoms with Gasteiger partial charge in [0.05, 0.1) is 17.3 Å². The lowest BCUT2D eigenvalue weighted by Gasteiger charge is -2.12. The molecule has 2 aromatic carbocycles. The first-order valence-corrected chi connectivity index (χ1v) is 10.0. The van der Waals surface area contributed by atoms with Crippen LogP contribution in [0, 0.1) is 5.41 Å². The molecule has 10 heteroatoms. The van der Waals surface area contributed by atoms with E-state index in [1.165, 1.54) is 0 Å². The minimum absolute atomic E-state index is 0.116. The largest absolute Gasteiger partial charge is 0.425 e. The first-order chi connectivity index (χ1) is 14.9. The predicted octanol–water partition coefficient (Wildman–Crippen LogP) is 2.76. The zero-order chi connectivity index (χ0) is 22.2. The number of aromatic amines is 1. The molecule has 3 aromatic rings. The maximum Gasteiger partial charge on any atom is 0.328 e. The average molecular weight is 442 g/mol. The van der Waals surface area contributed by atoms with Crippen LogP contribution in [0.1, 0.15) is 18.4 Å². The number of nitrogens with two attached hydrogens (primary N) is 2. The van der Waals surface area contributed by atoms with Gasteiger partial charge < -0.3 is 26.5 Å². The van der Waals surface area contributed by atoms with Crippen LogP contribution < -0.4 is 26.9 Å². The molecule has 0 aliphatic carbocycles. The van der Waals surface area contributed by atoms with E-state index in [0.29, 0.717) is 30.2 Å². The lowest BCUT2D eigenvalue weighted by Crippen LogP contribution is -2.36. The van der Waals surface area contributed by atoms with Gasteiger partial charge in [-0.1, -0.05) is 17.7 Å². The Hall–Kier alpha value is -3.56. The quantitative estimate of drug-likeness (QED) is 0.0749. The summed E-state index contributed by atoms with van der Waals surface area (Å²) in [5, 5.41) is 15.4. The fraction of sp³-hybridized carbons (Fsp3) is 0.190. The minimum atomic E-state index is -0.786. The van der Waals surface area contributed by atoms with E-state index in [-0.39, 0.29) is 5.96 Å². The number of fused-ring (bicyclic) bond motifs is 1. The van der Waals surface area contributed by atoms with Crippen molar-refractivity contribution in [3.05, 3.63) is 59.2 Å². The number of guanidine groups is 1. The van der Waals surface area contributed by atoms with Crippen LogP contribution >= 0.6 is 11.6 Å². The van der Waals surface area contributed by atoms with Crippen LogP contribution in [0.5, 0.6) is 5.75 Å². The van der Waals surface area contributed by atoms with E-state index in [1.807, 2.05) is 18.2 Å². The number of nitrogens with one attached hydrogen (secondary N) is 4. The third kappa shape index (κ3) is 6.21. The van der Waals surface area contributed by atoms with Gasteiger partial charge in [0.2, 0.25) is 0 Å². The number of benzene rings is 2. The van der Waals surface area contributed by atoms with Crippen LogP contribution in [0.25, 0.3) is 10.9 Å². The fourth-order valence-corrected chi connectivity index (χ4v) is 3.04. The van der Waals surface area contributed by atoms with E-state index in [2.05, 4.69) is 20.8 Å². The van der Waals surface area contributed by atoms with Gasteiger partial charge in [0.25, 0.3) is 0 Å². The maximum absolute atomic E-state index is 12.4. The number of carbonyl (C=O) groups excluding carboxylic acids is 1. The first kappa shape index (κ1) is 22.1. The Bertz CT molecular complexity index is 1080. The Labute approximate surface area is 184 Å². The summed E-state index contributed by atoms with van der Waals surface area (Å²) >= 11 is 5.88. The number of hydrogen-bond acceptors (Lipinski definition) is 6. The molecule has 1 heterocycles. The van der Waals surface area contributed by atoms with Gasteiger partial charge in [-0.25, -0.2) is 4.79 Å². The van der Waals surface area contributed by atoms with Crippen LogP contribution in [-0.4, -0.2) is 35.7 Å². The van der Waals surface area contributed by atoms with E-state index in [9.17, 15) is 4.79 Å². The fourth-order valence-electron chi connectivity index (χ4n) is 2.91. The summed E-state index contributed by atoms with van der Waals surface area (Å²) in [5.41, 5.74) is 16.5.